The fraction of sp³-hybridized carbons (Fsp3) is 0.294. The van der Waals surface area contributed by atoms with Gasteiger partial charge in [0.25, 0.3) is 0 Å². The molecule has 3 heteroatoms. The molecule has 0 aliphatic heterocycles. The first-order valence-corrected chi connectivity index (χ1v) is 6.85. The van der Waals surface area contributed by atoms with Gasteiger partial charge in [0.2, 0.25) is 0 Å². The Balaban J connectivity index is 2.22. The van der Waals surface area contributed by atoms with Gasteiger partial charge in [-0.15, -0.1) is 0 Å². The summed E-state index contributed by atoms with van der Waals surface area (Å²) in [6.45, 7) is 2.12. The molecule has 0 fully saturated rings. The van der Waals surface area contributed by atoms with Crippen molar-refractivity contribution in [1.82, 2.24) is 0 Å². The number of benzene rings is 2. The van der Waals surface area contributed by atoms with E-state index < -0.39 is 17.5 Å². The van der Waals surface area contributed by atoms with Crippen molar-refractivity contribution in [2.24, 2.45) is 0 Å². The lowest BCUT2D eigenvalue weighted by atomic mass is 10.0. The molecule has 0 saturated carbocycles. The van der Waals surface area contributed by atoms with Crippen LogP contribution in [0.15, 0.2) is 36.4 Å². The summed E-state index contributed by atoms with van der Waals surface area (Å²) in [6.07, 6.45) is 4.10. The molecule has 2 aromatic rings. The van der Waals surface area contributed by atoms with Gasteiger partial charge in [-0.25, -0.2) is 13.2 Å². The second-order valence-corrected chi connectivity index (χ2v) is 4.90. The number of aryl methyl sites for hydroxylation is 1. The zero-order valence-corrected chi connectivity index (χ0v) is 11.4. The highest BCUT2D eigenvalue weighted by Crippen LogP contribution is 2.25. The Kier molecular flexibility index (Phi) is 4.83. The summed E-state index contributed by atoms with van der Waals surface area (Å²) >= 11 is 0. The van der Waals surface area contributed by atoms with E-state index in [4.69, 9.17) is 0 Å². The third-order valence-corrected chi connectivity index (χ3v) is 3.33. The Labute approximate surface area is 117 Å². The zero-order chi connectivity index (χ0) is 14.5. The zero-order valence-electron chi connectivity index (χ0n) is 11.4. The van der Waals surface area contributed by atoms with Crippen molar-refractivity contribution < 1.29 is 13.2 Å². The fourth-order valence-electron chi connectivity index (χ4n) is 2.19. The highest BCUT2D eigenvalue weighted by atomic mass is 19.2. The summed E-state index contributed by atoms with van der Waals surface area (Å²) in [4.78, 5) is 0. The van der Waals surface area contributed by atoms with Gasteiger partial charge in [-0.3, -0.25) is 0 Å². The van der Waals surface area contributed by atoms with Gasteiger partial charge in [0.1, 0.15) is 5.82 Å². The molecule has 0 amide bonds. The monoisotopic (exact) mass is 278 g/mol. The van der Waals surface area contributed by atoms with Gasteiger partial charge >= 0.3 is 0 Å². The summed E-state index contributed by atoms with van der Waals surface area (Å²) in [7, 11) is 0. The van der Waals surface area contributed by atoms with Crippen LogP contribution < -0.4 is 0 Å². The molecule has 0 aliphatic rings. The van der Waals surface area contributed by atoms with Crippen LogP contribution in [-0.4, -0.2) is 0 Å². The van der Waals surface area contributed by atoms with Crippen LogP contribution in [0.3, 0.4) is 0 Å². The van der Waals surface area contributed by atoms with Crippen LogP contribution >= 0.6 is 0 Å². The minimum atomic E-state index is -0.964. The van der Waals surface area contributed by atoms with Gasteiger partial charge in [0.15, 0.2) is 11.6 Å². The van der Waals surface area contributed by atoms with E-state index in [9.17, 15) is 13.2 Å². The summed E-state index contributed by atoms with van der Waals surface area (Å²) in [5.41, 5.74) is 1.58. The maximum Gasteiger partial charge on any atom is 0.159 e. The van der Waals surface area contributed by atoms with Crippen LogP contribution in [-0.2, 0) is 6.42 Å². The second-order valence-electron chi connectivity index (χ2n) is 4.90. The molecular weight excluding hydrogens is 261 g/mol. The predicted molar refractivity (Wildman–Crippen MR) is 75.0 cm³/mol. The molecule has 0 radical (unpaired) electrons. The van der Waals surface area contributed by atoms with E-state index in [1.54, 1.807) is 6.07 Å². The topological polar surface area (TPSA) is 0 Å². The Morgan fingerprint density at radius 2 is 1.60 bits per heavy atom. The predicted octanol–water partition coefficient (Wildman–Crippen LogP) is 5.50. The lowest BCUT2D eigenvalue weighted by molar-refractivity contribution is 0.509. The number of rotatable bonds is 5. The lowest BCUT2D eigenvalue weighted by Gasteiger charge is -2.07. The molecule has 0 nitrogen and oxygen atoms in total. The van der Waals surface area contributed by atoms with Gasteiger partial charge in [-0.05, 0) is 42.2 Å². The molecule has 2 rings (SSSR count). The second kappa shape index (κ2) is 6.60. The van der Waals surface area contributed by atoms with Crippen LogP contribution in [0.25, 0.3) is 11.1 Å². The number of halogens is 3. The molecular formula is C17H17F3. The molecule has 2 aromatic carbocycles. The summed E-state index contributed by atoms with van der Waals surface area (Å²) in [5.74, 6) is -2.29. The Hall–Kier alpha value is -1.77. The first kappa shape index (κ1) is 14.6. The van der Waals surface area contributed by atoms with E-state index in [-0.39, 0.29) is 0 Å². The smallest absolute Gasteiger partial charge is 0.159 e. The molecule has 106 valence electrons. The van der Waals surface area contributed by atoms with Crippen LogP contribution in [0, 0.1) is 17.5 Å². The minimum absolute atomic E-state index is 0.295. The van der Waals surface area contributed by atoms with E-state index in [2.05, 4.69) is 6.92 Å². The van der Waals surface area contributed by atoms with Crippen LogP contribution in [0.5, 0.6) is 0 Å². The van der Waals surface area contributed by atoms with Crippen molar-refractivity contribution in [2.75, 3.05) is 0 Å². The van der Waals surface area contributed by atoms with E-state index in [1.807, 2.05) is 6.07 Å². The minimum Gasteiger partial charge on any atom is -0.206 e. The molecule has 0 aromatic heterocycles. The van der Waals surface area contributed by atoms with E-state index in [0.29, 0.717) is 11.1 Å². The largest absolute Gasteiger partial charge is 0.206 e. The number of unbranched alkanes of at least 4 members (excludes halogenated alkanes) is 2. The normalized spacial score (nSPS) is 10.8. The van der Waals surface area contributed by atoms with Gasteiger partial charge in [-0.2, -0.15) is 0 Å². The molecule has 0 spiro atoms. The first-order chi connectivity index (χ1) is 9.61. The molecule has 0 saturated heterocycles. The van der Waals surface area contributed by atoms with Gasteiger partial charge in [0, 0.05) is 5.56 Å². The van der Waals surface area contributed by atoms with Crippen molar-refractivity contribution in [3.63, 3.8) is 0 Å². The van der Waals surface area contributed by atoms with Crippen molar-refractivity contribution in [3.8, 4) is 11.1 Å². The maximum absolute atomic E-state index is 14.1. The fourth-order valence-corrected chi connectivity index (χ4v) is 2.19. The molecule has 0 atom stereocenters. The third kappa shape index (κ3) is 3.41. The summed E-state index contributed by atoms with van der Waals surface area (Å²) < 4.78 is 40.1. The summed E-state index contributed by atoms with van der Waals surface area (Å²) in [5, 5.41) is 0. The van der Waals surface area contributed by atoms with Crippen molar-refractivity contribution >= 4 is 0 Å². The Morgan fingerprint density at radius 1 is 0.800 bits per heavy atom. The quantitative estimate of drug-likeness (QED) is 0.633. The first-order valence-electron chi connectivity index (χ1n) is 6.85. The van der Waals surface area contributed by atoms with Crippen LogP contribution in [0.1, 0.15) is 31.7 Å². The average Bonchev–Trinajstić information content (AvgIpc) is 2.43. The molecule has 0 heterocycles. The van der Waals surface area contributed by atoms with E-state index in [1.165, 1.54) is 12.1 Å². The Bertz CT molecular complexity index is 591. The Morgan fingerprint density at radius 3 is 2.25 bits per heavy atom. The highest BCUT2D eigenvalue weighted by Gasteiger charge is 2.09. The lowest BCUT2D eigenvalue weighted by Crippen LogP contribution is -1.92. The van der Waals surface area contributed by atoms with Gasteiger partial charge in [0.05, 0.1) is 0 Å². The molecule has 0 unspecified atom stereocenters. The number of hydrogen-bond acceptors (Lipinski definition) is 0. The van der Waals surface area contributed by atoms with Gasteiger partial charge < -0.3 is 0 Å². The van der Waals surface area contributed by atoms with Crippen LogP contribution in [0.4, 0.5) is 13.2 Å². The molecule has 0 bridgehead atoms. The van der Waals surface area contributed by atoms with E-state index >= 15 is 0 Å². The summed E-state index contributed by atoms with van der Waals surface area (Å²) in [6, 6.07) is 8.36. The van der Waals surface area contributed by atoms with Crippen molar-refractivity contribution in [1.29, 1.82) is 0 Å². The molecule has 0 aliphatic carbocycles. The highest BCUT2D eigenvalue weighted by molar-refractivity contribution is 5.64. The molecule has 0 N–H and O–H groups in total. The van der Waals surface area contributed by atoms with Gasteiger partial charge in [-0.1, -0.05) is 38.0 Å². The van der Waals surface area contributed by atoms with Crippen LogP contribution in [0.2, 0.25) is 0 Å². The van der Waals surface area contributed by atoms with Crippen molar-refractivity contribution in [2.45, 2.75) is 32.6 Å². The van der Waals surface area contributed by atoms with E-state index in [0.717, 1.165) is 43.4 Å². The SMILES string of the molecule is CCCCCc1ccc(-c2ccc(F)c(F)c2)c(F)c1. The standard InChI is InChI=1S/C17H17F3/c1-2-3-4-5-12-6-8-14(16(19)10-12)13-7-9-15(18)17(20)11-13/h6-11H,2-5H2,1H3. The maximum atomic E-state index is 14.1. The number of hydrogen-bond donors (Lipinski definition) is 0. The molecule has 20 heavy (non-hydrogen) atoms. The van der Waals surface area contributed by atoms with Crippen molar-refractivity contribution in [3.05, 3.63) is 59.4 Å². The average molecular weight is 278 g/mol. The third-order valence-electron chi connectivity index (χ3n) is 3.33.